The average Bonchev–Trinajstić information content (AvgIpc) is 2.46. The normalized spacial score (nSPS) is 17.6. The standard InChI is InChI=1S/C15H17NO5/c1-4-16-11-7-10(5-6-13(17)18)8-12(20-3)14(11)21-9(2)15(16)19/h5-9H,4H2,1-3H3,(H,17,18)/b6-5+. The number of methoxy groups -OCH3 is 1. The predicted molar refractivity (Wildman–Crippen MR) is 77.8 cm³/mol. The van der Waals surface area contributed by atoms with Gasteiger partial charge in [0, 0.05) is 12.6 Å². The Balaban J connectivity index is 2.56. The van der Waals surface area contributed by atoms with Crippen LogP contribution in [0, 0.1) is 0 Å². The van der Waals surface area contributed by atoms with Gasteiger partial charge in [-0.2, -0.15) is 0 Å². The smallest absolute Gasteiger partial charge is 0.328 e. The number of amides is 1. The van der Waals surface area contributed by atoms with Gasteiger partial charge in [0.05, 0.1) is 12.8 Å². The summed E-state index contributed by atoms with van der Waals surface area (Å²) in [6.07, 6.45) is 1.90. The maximum Gasteiger partial charge on any atom is 0.328 e. The Morgan fingerprint density at radius 3 is 2.81 bits per heavy atom. The summed E-state index contributed by atoms with van der Waals surface area (Å²) >= 11 is 0. The molecule has 1 unspecified atom stereocenters. The van der Waals surface area contributed by atoms with Crippen LogP contribution in [0.25, 0.3) is 6.08 Å². The zero-order valence-electron chi connectivity index (χ0n) is 12.1. The van der Waals surface area contributed by atoms with Gasteiger partial charge in [-0.15, -0.1) is 0 Å². The number of aliphatic carboxylic acids is 1. The molecule has 0 aromatic heterocycles. The first-order chi connectivity index (χ1) is 9.97. The van der Waals surface area contributed by atoms with Gasteiger partial charge in [-0.1, -0.05) is 0 Å². The van der Waals surface area contributed by atoms with Crippen LogP contribution in [0.15, 0.2) is 18.2 Å². The van der Waals surface area contributed by atoms with Crippen molar-refractivity contribution in [1.29, 1.82) is 0 Å². The lowest BCUT2D eigenvalue weighted by molar-refractivity contribution is -0.131. The van der Waals surface area contributed by atoms with Crippen molar-refractivity contribution in [2.24, 2.45) is 0 Å². The molecule has 0 spiro atoms. The van der Waals surface area contributed by atoms with E-state index in [2.05, 4.69) is 0 Å². The topological polar surface area (TPSA) is 76.1 Å². The summed E-state index contributed by atoms with van der Waals surface area (Å²) in [7, 11) is 1.50. The van der Waals surface area contributed by atoms with Crippen molar-refractivity contribution < 1.29 is 24.2 Å². The Morgan fingerprint density at radius 2 is 2.24 bits per heavy atom. The number of ether oxygens (including phenoxy) is 2. The molecule has 0 saturated carbocycles. The highest BCUT2D eigenvalue weighted by Gasteiger charge is 2.32. The molecule has 1 N–H and O–H groups in total. The zero-order chi connectivity index (χ0) is 15.6. The molecular weight excluding hydrogens is 274 g/mol. The van der Waals surface area contributed by atoms with Crippen molar-refractivity contribution in [1.82, 2.24) is 0 Å². The summed E-state index contributed by atoms with van der Waals surface area (Å²) in [6, 6.07) is 3.39. The van der Waals surface area contributed by atoms with E-state index in [0.29, 0.717) is 29.3 Å². The number of benzene rings is 1. The van der Waals surface area contributed by atoms with E-state index < -0.39 is 12.1 Å². The molecule has 1 atom stereocenters. The zero-order valence-corrected chi connectivity index (χ0v) is 12.1. The van der Waals surface area contributed by atoms with Gasteiger partial charge in [0.2, 0.25) is 0 Å². The first-order valence-corrected chi connectivity index (χ1v) is 6.59. The molecule has 1 aromatic rings. The molecule has 1 aliphatic rings. The van der Waals surface area contributed by atoms with Crippen molar-refractivity contribution >= 4 is 23.6 Å². The molecule has 112 valence electrons. The monoisotopic (exact) mass is 291 g/mol. The summed E-state index contributed by atoms with van der Waals surface area (Å²) in [5, 5.41) is 8.71. The summed E-state index contributed by atoms with van der Waals surface area (Å²) in [5.41, 5.74) is 1.21. The van der Waals surface area contributed by atoms with E-state index in [-0.39, 0.29) is 5.91 Å². The molecule has 2 rings (SSSR count). The summed E-state index contributed by atoms with van der Waals surface area (Å²) in [4.78, 5) is 24.4. The van der Waals surface area contributed by atoms with Gasteiger partial charge in [-0.3, -0.25) is 4.79 Å². The van der Waals surface area contributed by atoms with Crippen LogP contribution in [0.1, 0.15) is 19.4 Å². The molecule has 6 heteroatoms. The lowest BCUT2D eigenvalue weighted by Gasteiger charge is -2.33. The Labute approximate surface area is 122 Å². The van der Waals surface area contributed by atoms with Crippen LogP contribution in [0.5, 0.6) is 11.5 Å². The second kappa shape index (κ2) is 5.87. The fourth-order valence-electron chi connectivity index (χ4n) is 2.23. The van der Waals surface area contributed by atoms with Crippen LogP contribution in [-0.2, 0) is 9.59 Å². The summed E-state index contributed by atoms with van der Waals surface area (Å²) in [6.45, 7) is 4.05. The van der Waals surface area contributed by atoms with Crippen LogP contribution in [0.4, 0.5) is 5.69 Å². The SMILES string of the molecule is CCN1C(=O)C(C)Oc2c(OC)cc(/C=C/C(=O)O)cc21. The number of fused-ring (bicyclic) bond motifs is 1. The molecule has 1 aliphatic heterocycles. The lowest BCUT2D eigenvalue weighted by Crippen LogP contribution is -2.44. The number of hydrogen-bond donors (Lipinski definition) is 1. The number of hydrogen-bond acceptors (Lipinski definition) is 4. The van der Waals surface area contributed by atoms with Crippen molar-refractivity contribution in [3.05, 3.63) is 23.8 Å². The maximum atomic E-state index is 12.1. The molecule has 0 bridgehead atoms. The minimum Gasteiger partial charge on any atom is -0.493 e. The number of likely N-dealkylation sites (N-methyl/N-ethyl adjacent to an activating group) is 1. The number of carbonyl (C=O) groups excluding carboxylic acids is 1. The molecule has 0 aliphatic carbocycles. The fourth-order valence-corrected chi connectivity index (χ4v) is 2.23. The molecule has 1 aromatic carbocycles. The lowest BCUT2D eigenvalue weighted by atomic mass is 10.1. The molecular formula is C15H17NO5. The van der Waals surface area contributed by atoms with Crippen LogP contribution >= 0.6 is 0 Å². The third-order valence-corrected chi connectivity index (χ3v) is 3.21. The first-order valence-electron chi connectivity index (χ1n) is 6.59. The summed E-state index contributed by atoms with van der Waals surface area (Å²) < 4.78 is 10.9. The van der Waals surface area contributed by atoms with E-state index >= 15 is 0 Å². The van der Waals surface area contributed by atoms with Gasteiger partial charge in [-0.25, -0.2) is 4.79 Å². The van der Waals surface area contributed by atoms with Crippen LogP contribution < -0.4 is 14.4 Å². The minimum atomic E-state index is -1.04. The van der Waals surface area contributed by atoms with Crippen molar-refractivity contribution in [2.75, 3.05) is 18.6 Å². The number of rotatable bonds is 4. The van der Waals surface area contributed by atoms with Gasteiger partial charge in [0.15, 0.2) is 17.6 Å². The third-order valence-electron chi connectivity index (χ3n) is 3.21. The van der Waals surface area contributed by atoms with Gasteiger partial charge >= 0.3 is 5.97 Å². The highest BCUT2D eigenvalue weighted by molar-refractivity contribution is 6.01. The minimum absolute atomic E-state index is 0.133. The molecule has 6 nitrogen and oxygen atoms in total. The van der Waals surface area contributed by atoms with Crippen LogP contribution in [-0.4, -0.2) is 36.7 Å². The molecule has 1 amide bonds. The largest absolute Gasteiger partial charge is 0.493 e. The highest BCUT2D eigenvalue weighted by atomic mass is 16.5. The Morgan fingerprint density at radius 1 is 1.52 bits per heavy atom. The quantitative estimate of drug-likeness (QED) is 0.858. The van der Waals surface area contributed by atoms with E-state index in [0.717, 1.165) is 6.08 Å². The number of nitrogens with zero attached hydrogens (tertiary/aromatic N) is 1. The Kier molecular flexibility index (Phi) is 4.16. The van der Waals surface area contributed by atoms with E-state index in [1.807, 2.05) is 6.92 Å². The van der Waals surface area contributed by atoms with Crippen molar-refractivity contribution in [3.8, 4) is 11.5 Å². The number of carboxylic acid groups (broad SMARTS) is 1. The molecule has 21 heavy (non-hydrogen) atoms. The molecule has 1 heterocycles. The second-order valence-electron chi connectivity index (χ2n) is 4.59. The van der Waals surface area contributed by atoms with Gasteiger partial charge in [0.1, 0.15) is 0 Å². The fraction of sp³-hybridized carbons (Fsp3) is 0.333. The third kappa shape index (κ3) is 2.84. The first kappa shape index (κ1) is 14.9. The molecule has 0 saturated heterocycles. The average molecular weight is 291 g/mol. The molecule has 0 radical (unpaired) electrons. The summed E-state index contributed by atoms with van der Waals surface area (Å²) in [5.74, 6) is -0.208. The Hall–Kier alpha value is -2.50. The number of carboxylic acids is 1. The van der Waals surface area contributed by atoms with E-state index in [1.54, 1.807) is 24.0 Å². The van der Waals surface area contributed by atoms with Gasteiger partial charge in [0.25, 0.3) is 5.91 Å². The van der Waals surface area contributed by atoms with E-state index in [4.69, 9.17) is 14.6 Å². The van der Waals surface area contributed by atoms with Crippen molar-refractivity contribution in [2.45, 2.75) is 20.0 Å². The maximum absolute atomic E-state index is 12.1. The van der Waals surface area contributed by atoms with Gasteiger partial charge < -0.3 is 19.5 Å². The van der Waals surface area contributed by atoms with E-state index in [1.165, 1.54) is 13.2 Å². The Bertz CT molecular complexity index is 608. The second-order valence-corrected chi connectivity index (χ2v) is 4.59. The molecule has 0 fully saturated rings. The van der Waals surface area contributed by atoms with Crippen LogP contribution in [0.2, 0.25) is 0 Å². The highest BCUT2D eigenvalue weighted by Crippen LogP contribution is 2.42. The van der Waals surface area contributed by atoms with Crippen molar-refractivity contribution in [3.63, 3.8) is 0 Å². The predicted octanol–water partition coefficient (Wildman–Crippen LogP) is 1.93. The number of anilines is 1. The number of carbonyl (C=O) groups is 2. The van der Waals surface area contributed by atoms with E-state index in [9.17, 15) is 9.59 Å². The van der Waals surface area contributed by atoms with Gasteiger partial charge in [-0.05, 0) is 37.6 Å². The van der Waals surface area contributed by atoms with Crippen LogP contribution in [0.3, 0.4) is 0 Å².